The van der Waals surface area contributed by atoms with Gasteiger partial charge in [0.15, 0.2) is 0 Å². The molecule has 0 bridgehead atoms. The lowest BCUT2D eigenvalue weighted by molar-refractivity contribution is 0.574. The van der Waals surface area contributed by atoms with Crippen LogP contribution in [-0.2, 0) is 13.0 Å². The number of nitrogens with zero attached hydrogens (tertiary/aromatic N) is 2. The molecule has 0 unspecified atom stereocenters. The zero-order valence-corrected chi connectivity index (χ0v) is 7.59. The van der Waals surface area contributed by atoms with Crippen LogP contribution < -0.4 is 0 Å². The van der Waals surface area contributed by atoms with Crippen LogP contribution in [0, 0.1) is 6.92 Å². The van der Waals surface area contributed by atoms with Crippen LogP contribution in [0.3, 0.4) is 0 Å². The van der Waals surface area contributed by atoms with Gasteiger partial charge in [0, 0.05) is 12.2 Å². The van der Waals surface area contributed by atoms with Crippen molar-refractivity contribution in [3.8, 4) is 0 Å². The predicted molar refractivity (Wildman–Crippen MR) is 46.6 cm³/mol. The lowest BCUT2D eigenvalue weighted by Gasteiger charge is -2.01. The molecule has 62 valence electrons. The van der Waals surface area contributed by atoms with Gasteiger partial charge in [0.1, 0.15) is 0 Å². The van der Waals surface area contributed by atoms with Gasteiger partial charge in [0.25, 0.3) is 0 Å². The molecule has 1 rings (SSSR count). The fourth-order valence-electron chi connectivity index (χ4n) is 1.29. The molecule has 1 aromatic rings. The summed E-state index contributed by atoms with van der Waals surface area (Å²) in [5, 5.41) is 4.39. The molecule has 0 spiro atoms. The highest BCUT2D eigenvalue weighted by Gasteiger charge is 2.00. The molecule has 2 nitrogen and oxygen atoms in total. The van der Waals surface area contributed by atoms with Crippen molar-refractivity contribution >= 4 is 0 Å². The molecular weight excluding hydrogens is 136 g/mol. The van der Waals surface area contributed by atoms with Crippen LogP contribution >= 0.6 is 0 Å². The second-order valence-electron chi connectivity index (χ2n) is 2.85. The molecule has 0 saturated carbocycles. The van der Waals surface area contributed by atoms with Gasteiger partial charge in [0.05, 0.1) is 5.69 Å². The first-order chi connectivity index (χ1) is 5.27. The van der Waals surface area contributed by atoms with E-state index in [0.717, 1.165) is 25.1 Å². The van der Waals surface area contributed by atoms with Gasteiger partial charge in [-0.2, -0.15) is 5.10 Å². The minimum Gasteiger partial charge on any atom is -0.269 e. The summed E-state index contributed by atoms with van der Waals surface area (Å²) in [5.74, 6) is 0. The van der Waals surface area contributed by atoms with E-state index in [1.807, 2.05) is 6.92 Å². The van der Waals surface area contributed by atoms with Crippen molar-refractivity contribution in [2.75, 3.05) is 0 Å². The molecule has 0 aliphatic carbocycles. The van der Waals surface area contributed by atoms with E-state index in [4.69, 9.17) is 0 Å². The first-order valence-electron chi connectivity index (χ1n) is 4.31. The lowest BCUT2D eigenvalue weighted by atomic mass is 10.3. The first kappa shape index (κ1) is 8.31. The smallest absolute Gasteiger partial charge is 0.0596 e. The normalized spacial score (nSPS) is 10.5. The van der Waals surface area contributed by atoms with Crippen LogP contribution in [0.2, 0.25) is 0 Å². The quantitative estimate of drug-likeness (QED) is 0.649. The molecule has 0 amide bonds. The van der Waals surface area contributed by atoms with E-state index in [1.54, 1.807) is 0 Å². The summed E-state index contributed by atoms with van der Waals surface area (Å²) < 4.78 is 2.11. The lowest BCUT2D eigenvalue weighted by Crippen LogP contribution is -2.03. The van der Waals surface area contributed by atoms with Crippen molar-refractivity contribution in [2.45, 2.75) is 40.2 Å². The third-order valence-corrected chi connectivity index (χ3v) is 1.78. The van der Waals surface area contributed by atoms with Crippen molar-refractivity contribution in [3.05, 3.63) is 17.5 Å². The number of aryl methyl sites for hydroxylation is 3. The highest BCUT2D eigenvalue weighted by atomic mass is 15.3. The minimum absolute atomic E-state index is 1.05. The van der Waals surface area contributed by atoms with Crippen molar-refractivity contribution in [2.24, 2.45) is 0 Å². The Kier molecular flexibility index (Phi) is 2.69. The van der Waals surface area contributed by atoms with Gasteiger partial charge in [0.2, 0.25) is 0 Å². The molecule has 0 N–H and O–H groups in total. The molecule has 11 heavy (non-hydrogen) atoms. The second kappa shape index (κ2) is 3.56. The Morgan fingerprint density at radius 3 is 2.73 bits per heavy atom. The standard InChI is InChI=1S/C9H16N2/c1-4-6-11-9(5-2)7-8(3)10-11/h7H,4-6H2,1-3H3. The van der Waals surface area contributed by atoms with Crippen molar-refractivity contribution in [1.82, 2.24) is 9.78 Å². The monoisotopic (exact) mass is 152 g/mol. The highest BCUT2D eigenvalue weighted by Crippen LogP contribution is 2.04. The molecular formula is C9H16N2. The molecule has 0 aliphatic rings. The first-order valence-corrected chi connectivity index (χ1v) is 4.31. The summed E-state index contributed by atoms with van der Waals surface area (Å²) in [4.78, 5) is 0. The number of hydrogen-bond acceptors (Lipinski definition) is 1. The SMILES string of the molecule is CCCn1nc(C)cc1CC. The van der Waals surface area contributed by atoms with Gasteiger partial charge >= 0.3 is 0 Å². The van der Waals surface area contributed by atoms with Crippen molar-refractivity contribution in [3.63, 3.8) is 0 Å². The average Bonchev–Trinajstić information content (AvgIpc) is 2.32. The summed E-state index contributed by atoms with van der Waals surface area (Å²) in [5.41, 5.74) is 2.49. The zero-order chi connectivity index (χ0) is 8.27. The Morgan fingerprint density at radius 1 is 1.45 bits per heavy atom. The molecule has 0 radical (unpaired) electrons. The van der Waals surface area contributed by atoms with Gasteiger partial charge in [-0.3, -0.25) is 4.68 Å². The number of rotatable bonds is 3. The molecule has 0 atom stereocenters. The van der Waals surface area contributed by atoms with Gasteiger partial charge in [-0.15, -0.1) is 0 Å². The third kappa shape index (κ3) is 1.82. The molecule has 1 heterocycles. The van der Waals surface area contributed by atoms with E-state index in [1.165, 1.54) is 5.69 Å². The highest BCUT2D eigenvalue weighted by molar-refractivity contribution is 5.08. The van der Waals surface area contributed by atoms with E-state index in [2.05, 4.69) is 29.7 Å². The predicted octanol–water partition coefficient (Wildman–Crippen LogP) is 2.16. The van der Waals surface area contributed by atoms with Crippen molar-refractivity contribution < 1.29 is 0 Å². The maximum Gasteiger partial charge on any atom is 0.0596 e. The average molecular weight is 152 g/mol. The van der Waals surface area contributed by atoms with Crippen LogP contribution in [0.25, 0.3) is 0 Å². The summed E-state index contributed by atoms with van der Waals surface area (Å²) in [6.07, 6.45) is 2.24. The molecule has 0 aromatic carbocycles. The van der Waals surface area contributed by atoms with Crippen LogP contribution in [0.1, 0.15) is 31.7 Å². The summed E-state index contributed by atoms with van der Waals surface area (Å²) in [6.45, 7) is 7.45. The molecule has 0 aliphatic heterocycles. The van der Waals surface area contributed by atoms with Crippen molar-refractivity contribution in [1.29, 1.82) is 0 Å². The molecule has 0 saturated heterocycles. The molecule has 0 fully saturated rings. The molecule has 2 heteroatoms. The Labute approximate surface area is 68.2 Å². The van der Waals surface area contributed by atoms with Gasteiger partial charge in [-0.25, -0.2) is 0 Å². The van der Waals surface area contributed by atoms with E-state index >= 15 is 0 Å². The van der Waals surface area contributed by atoms with E-state index < -0.39 is 0 Å². The second-order valence-corrected chi connectivity index (χ2v) is 2.85. The van der Waals surface area contributed by atoms with Crippen LogP contribution in [0.15, 0.2) is 6.07 Å². The van der Waals surface area contributed by atoms with Crippen LogP contribution in [-0.4, -0.2) is 9.78 Å². The van der Waals surface area contributed by atoms with Gasteiger partial charge < -0.3 is 0 Å². The maximum absolute atomic E-state index is 4.39. The Hall–Kier alpha value is -0.790. The zero-order valence-electron chi connectivity index (χ0n) is 7.59. The Balaban J connectivity index is 2.83. The van der Waals surface area contributed by atoms with Crippen LogP contribution in [0.5, 0.6) is 0 Å². The van der Waals surface area contributed by atoms with E-state index in [0.29, 0.717) is 0 Å². The molecule has 1 aromatic heterocycles. The number of hydrogen-bond donors (Lipinski definition) is 0. The summed E-state index contributed by atoms with van der Waals surface area (Å²) in [6, 6.07) is 2.16. The maximum atomic E-state index is 4.39. The number of aromatic nitrogens is 2. The minimum atomic E-state index is 1.05. The largest absolute Gasteiger partial charge is 0.269 e. The van der Waals surface area contributed by atoms with Gasteiger partial charge in [-0.05, 0) is 25.8 Å². The fraction of sp³-hybridized carbons (Fsp3) is 0.667. The Morgan fingerprint density at radius 2 is 2.18 bits per heavy atom. The summed E-state index contributed by atoms with van der Waals surface area (Å²) in [7, 11) is 0. The van der Waals surface area contributed by atoms with E-state index in [9.17, 15) is 0 Å². The topological polar surface area (TPSA) is 17.8 Å². The summed E-state index contributed by atoms with van der Waals surface area (Å²) >= 11 is 0. The van der Waals surface area contributed by atoms with Gasteiger partial charge in [-0.1, -0.05) is 13.8 Å². The van der Waals surface area contributed by atoms with Crippen LogP contribution in [0.4, 0.5) is 0 Å². The Bertz CT molecular complexity index is 225. The fourth-order valence-corrected chi connectivity index (χ4v) is 1.29. The van der Waals surface area contributed by atoms with E-state index in [-0.39, 0.29) is 0 Å². The third-order valence-electron chi connectivity index (χ3n) is 1.78.